The lowest BCUT2D eigenvalue weighted by Gasteiger charge is -2.09. The lowest BCUT2D eigenvalue weighted by Crippen LogP contribution is -2.15. The number of carboxylic acid groups (broad SMARTS) is 2. The molecular weight excluding hydrogens is 480 g/mol. The summed E-state index contributed by atoms with van der Waals surface area (Å²) in [7, 11) is 0. The fraction of sp³-hybridized carbons (Fsp3) is 0.167. The van der Waals surface area contributed by atoms with Crippen molar-refractivity contribution in [2.75, 3.05) is 10.6 Å². The fourth-order valence-electron chi connectivity index (χ4n) is 3.27. The molecule has 4 N–H and O–H groups in total. The number of aromatic carboxylic acids is 2. The Kier molecular flexibility index (Phi) is 8.39. The predicted octanol–water partition coefficient (Wildman–Crippen LogP) is 5.60. The van der Waals surface area contributed by atoms with Crippen molar-refractivity contribution in [1.82, 2.24) is 0 Å². The third kappa shape index (κ3) is 6.43. The summed E-state index contributed by atoms with van der Waals surface area (Å²) in [6, 6.07) is 13.2. The van der Waals surface area contributed by atoms with Crippen LogP contribution in [-0.4, -0.2) is 34.0 Å². The number of hydrogen-bond donors (Lipinski definition) is 4. The van der Waals surface area contributed by atoms with Gasteiger partial charge in [0.05, 0.1) is 11.3 Å². The van der Waals surface area contributed by atoms with Crippen LogP contribution in [0.2, 0.25) is 5.02 Å². The van der Waals surface area contributed by atoms with Gasteiger partial charge < -0.3 is 20.8 Å². The summed E-state index contributed by atoms with van der Waals surface area (Å²) in [5.74, 6) is -3.08. The summed E-state index contributed by atoms with van der Waals surface area (Å²) < 4.78 is 0. The Balaban J connectivity index is 1.51. The van der Waals surface area contributed by atoms with Gasteiger partial charge in [0, 0.05) is 28.8 Å². The predicted molar refractivity (Wildman–Crippen MR) is 131 cm³/mol. The number of unbranched alkanes of at least 4 members (excludes halogenated alkanes) is 1. The molecule has 2 aromatic carbocycles. The van der Waals surface area contributed by atoms with E-state index in [9.17, 15) is 29.4 Å². The Labute approximate surface area is 204 Å². The van der Waals surface area contributed by atoms with Gasteiger partial charge in [-0.15, -0.1) is 11.3 Å². The molecule has 0 bridgehead atoms. The molecule has 176 valence electrons. The van der Waals surface area contributed by atoms with Gasteiger partial charge in [-0.3, -0.25) is 9.59 Å². The molecule has 0 atom stereocenters. The smallest absolute Gasteiger partial charge is 0.339 e. The van der Waals surface area contributed by atoms with E-state index >= 15 is 0 Å². The third-order valence-corrected chi connectivity index (χ3v) is 6.02. The second-order valence-corrected chi connectivity index (χ2v) is 8.64. The number of benzene rings is 2. The van der Waals surface area contributed by atoms with E-state index in [1.807, 2.05) is 18.2 Å². The largest absolute Gasteiger partial charge is 0.478 e. The topological polar surface area (TPSA) is 133 Å². The minimum absolute atomic E-state index is 0.0427. The molecular formula is C24H21ClN2O6S. The molecule has 3 rings (SSSR count). The molecule has 1 aromatic heterocycles. The van der Waals surface area contributed by atoms with Crippen LogP contribution in [-0.2, 0) is 9.59 Å². The van der Waals surface area contributed by atoms with Crippen LogP contribution in [0.5, 0.6) is 0 Å². The molecule has 0 saturated heterocycles. The maximum atomic E-state index is 12.3. The van der Waals surface area contributed by atoms with Gasteiger partial charge in [0.2, 0.25) is 11.8 Å². The number of amides is 2. The van der Waals surface area contributed by atoms with Gasteiger partial charge in [0.15, 0.2) is 0 Å². The maximum Gasteiger partial charge on any atom is 0.339 e. The van der Waals surface area contributed by atoms with Crippen molar-refractivity contribution in [3.63, 3.8) is 0 Å². The summed E-state index contributed by atoms with van der Waals surface area (Å²) in [6.45, 7) is 0. The number of carbonyl (C=O) groups excluding carboxylic acids is 2. The van der Waals surface area contributed by atoms with Gasteiger partial charge >= 0.3 is 11.9 Å². The summed E-state index contributed by atoms with van der Waals surface area (Å²) in [4.78, 5) is 47.6. The Morgan fingerprint density at radius 2 is 1.50 bits per heavy atom. The Morgan fingerprint density at radius 1 is 0.853 bits per heavy atom. The molecule has 0 saturated carbocycles. The zero-order valence-corrected chi connectivity index (χ0v) is 19.4. The van der Waals surface area contributed by atoms with Gasteiger partial charge in [0.25, 0.3) is 0 Å². The van der Waals surface area contributed by atoms with Crippen molar-refractivity contribution >= 4 is 57.4 Å². The average Bonchev–Trinajstić information content (AvgIpc) is 3.22. The molecule has 2 amide bonds. The van der Waals surface area contributed by atoms with Gasteiger partial charge in [-0.25, -0.2) is 9.59 Å². The molecule has 10 heteroatoms. The van der Waals surface area contributed by atoms with Gasteiger partial charge in [-0.2, -0.15) is 0 Å². The molecule has 1 heterocycles. The second-order valence-electron chi connectivity index (χ2n) is 7.32. The molecule has 0 aliphatic heterocycles. The SMILES string of the molecule is O=C(CCCCC(=O)Nc1scc(-c2ccccc2)c1C(=O)O)Nc1ccc(Cl)cc1C(=O)O. The highest BCUT2D eigenvalue weighted by molar-refractivity contribution is 7.15. The lowest BCUT2D eigenvalue weighted by molar-refractivity contribution is -0.118. The van der Waals surface area contributed by atoms with Crippen molar-refractivity contribution < 1.29 is 29.4 Å². The zero-order valence-electron chi connectivity index (χ0n) is 17.8. The van der Waals surface area contributed by atoms with E-state index in [0.29, 0.717) is 18.4 Å². The van der Waals surface area contributed by atoms with Crippen LogP contribution >= 0.6 is 22.9 Å². The first kappa shape index (κ1) is 24.9. The summed E-state index contributed by atoms with van der Waals surface area (Å²) >= 11 is 6.94. The van der Waals surface area contributed by atoms with E-state index in [4.69, 9.17) is 11.6 Å². The van der Waals surface area contributed by atoms with Crippen molar-refractivity contribution in [1.29, 1.82) is 0 Å². The first-order valence-electron chi connectivity index (χ1n) is 10.3. The van der Waals surface area contributed by atoms with Gasteiger partial charge in [0.1, 0.15) is 10.6 Å². The molecule has 0 spiro atoms. The van der Waals surface area contributed by atoms with E-state index in [1.54, 1.807) is 17.5 Å². The number of anilines is 2. The molecule has 34 heavy (non-hydrogen) atoms. The zero-order chi connectivity index (χ0) is 24.7. The van der Waals surface area contributed by atoms with Crippen LogP contribution in [0.3, 0.4) is 0 Å². The monoisotopic (exact) mass is 500 g/mol. The Hall–Kier alpha value is -3.69. The number of nitrogens with one attached hydrogen (secondary N) is 2. The number of halogens is 1. The van der Waals surface area contributed by atoms with Crippen molar-refractivity contribution in [3.05, 3.63) is 70.1 Å². The molecule has 0 unspecified atom stereocenters. The molecule has 0 aliphatic rings. The maximum absolute atomic E-state index is 12.3. The van der Waals surface area contributed by atoms with Crippen LogP contribution in [0.1, 0.15) is 46.4 Å². The molecule has 0 fully saturated rings. The first-order chi connectivity index (χ1) is 16.3. The minimum atomic E-state index is -1.21. The second kappa shape index (κ2) is 11.4. The highest BCUT2D eigenvalue weighted by Crippen LogP contribution is 2.35. The highest BCUT2D eigenvalue weighted by atomic mass is 35.5. The van der Waals surface area contributed by atoms with Crippen molar-refractivity contribution in [2.45, 2.75) is 25.7 Å². The lowest BCUT2D eigenvalue weighted by atomic mass is 10.0. The molecule has 0 aliphatic carbocycles. The number of hydrogen-bond acceptors (Lipinski definition) is 5. The highest BCUT2D eigenvalue weighted by Gasteiger charge is 2.21. The number of rotatable bonds is 10. The Bertz CT molecular complexity index is 1230. The summed E-state index contributed by atoms with van der Waals surface area (Å²) in [5, 5.41) is 26.3. The molecule has 0 radical (unpaired) electrons. The first-order valence-corrected chi connectivity index (χ1v) is 11.5. The molecule has 3 aromatic rings. The van der Waals surface area contributed by atoms with Gasteiger partial charge in [-0.1, -0.05) is 41.9 Å². The minimum Gasteiger partial charge on any atom is -0.478 e. The Morgan fingerprint density at radius 3 is 2.12 bits per heavy atom. The quantitative estimate of drug-likeness (QED) is 0.268. The van der Waals surface area contributed by atoms with Crippen LogP contribution in [0.4, 0.5) is 10.7 Å². The third-order valence-electron chi connectivity index (χ3n) is 4.89. The van der Waals surface area contributed by atoms with Crippen molar-refractivity contribution in [3.8, 4) is 11.1 Å². The van der Waals surface area contributed by atoms with E-state index < -0.39 is 11.9 Å². The molecule has 8 nitrogen and oxygen atoms in total. The van der Waals surface area contributed by atoms with E-state index in [2.05, 4.69) is 10.6 Å². The van der Waals surface area contributed by atoms with Crippen LogP contribution in [0.25, 0.3) is 11.1 Å². The normalized spacial score (nSPS) is 10.5. The van der Waals surface area contributed by atoms with E-state index in [0.717, 1.165) is 16.9 Å². The number of thiophene rings is 1. The van der Waals surface area contributed by atoms with Crippen LogP contribution in [0, 0.1) is 0 Å². The van der Waals surface area contributed by atoms with Gasteiger partial charge in [-0.05, 0) is 36.6 Å². The summed E-state index contributed by atoms with van der Waals surface area (Å²) in [5.41, 5.74) is 1.36. The summed E-state index contributed by atoms with van der Waals surface area (Å²) in [6.07, 6.45) is 0.977. The van der Waals surface area contributed by atoms with E-state index in [-0.39, 0.29) is 51.5 Å². The van der Waals surface area contributed by atoms with E-state index in [1.165, 1.54) is 18.2 Å². The number of carbonyl (C=O) groups is 4. The fourth-order valence-corrected chi connectivity index (χ4v) is 4.42. The van der Waals surface area contributed by atoms with Crippen LogP contribution < -0.4 is 10.6 Å². The standard InChI is InChI=1S/C24H21ClN2O6S/c25-15-10-11-18(16(12-15)23(30)31)26-19(28)8-4-5-9-20(29)27-22-21(24(32)33)17(13-34-22)14-6-2-1-3-7-14/h1-3,6-7,10-13H,4-5,8-9H2,(H,26,28)(H,27,29)(H,30,31)(H,32,33). The average molecular weight is 501 g/mol. The number of carboxylic acids is 2. The van der Waals surface area contributed by atoms with Crippen LogP contribution in [0.15, 0.2) is 53.9 Å². The van der Waals surface area contributed by atoms with Crippen molar-refractivity contribution in [2.24, 2.45) is 0 Å².